The van der Waals surface area contributed by atoms with Gasteiger partial charge in [0.25, 0.3) is 0 Å². The summed E-state index contributed by atoms with van der Waals surface area (Å²) in [4.78, 5) is 2.71. The molecule has 1 aliphatic heterocycles. The van der Waals surface area contributed by atoms with Crippen molar-refractivity contribution in [2.45, 2.75) is 59.8 Å². The monoisotopic (exact) mass is 268 g/mol. The molecule has 1 atom stereocenters. The standard InChI is InChI=1S/C17H36N2/c1-15(2)8-12-19(13-9-16(3)4)11-5-6-17-7-10-18-14-17/h15-18H,5-14H2,1-4H3. The molecule has 1 rings (SSSR count). The van der Waals surface area contributed by atoms with Gasteiger partial charge in [-0.1, -0.05) is 27.7 Å². The summed E-state index contributed by atoms with van der Waals surface area (Å²) in [6, 6.07) is 0. The summed E-state index contributed by atoms with van der Waals surface area (Å²) >= 11 is 0. The highest BCUT2D eigenvalue weighted by molar-refractivity contribution is 4.72. The van der Waals surface area contributed by atoms with E-state index in [1.54, 1.807) is 0 Å². The van der Waals surface area contributed by atoms with Crippen LogP contribution in [-0.4, -0.2) is 37.6 Å². The fourth-order valence-electron chi connectivity index (χ4n) is 2.78. The normalized spacial score (nSPS) is 20.1. The third kappa shape index (κ3) is 8.65. The minimum atomic E-state index is 0.834. The molecule has 0 aromatic carbocycles. The number of nitrogens with one attached hydrogen (secondary N) is 1. The van der Waals surface area contributed by atoms with Gasteiger partial charge in [0.1, 0.15) is 0 Å². The van der Waals surface area contributed by atoms with Crippen LogP contribution in [0.4, 0.5) is 0 Å². The molecule has 1 saturated heterocycles. The van der Waals surface area contributed by atoms with E-state index in [0.717, 1.165) is 17.8 Å². The highest BCUT2D eigenvalue weighted by Gasteiger charge is 2.14. The van der Waals surface area contributed by atoms with E-state index in [-0.39, 0.29) is 0 Å². The second-order valence-corrected chi connectivity index (χ2v) is 7.21. The first kappa shape index (κ1) is 17.0. The molecule has 0 aromatic rings. The number of hydrogen-bond acceptors (Lipinski definition) is 2. The van der Waals surface area contributed by atoms with Crippen LogP contribution in [0.2, 0.25) is 0 Å². The van der Waals surface area contributed by atoms with E-state index >= 15 is 0 Å². The molecule has 1 unspecified atom stereocenters. The van der Waals surface area contributed by atoms with Crippen LogP contribution >= 0.6 is 0 Å². The van der Waals surface area contributed by atoms with Crippen molar-refractivity contribution in [2.24, 2.45) is 17.8 Å². The molecule has 2 nitrogen and oxygen atoms in total. The van der Waals surface area contributed by atoms with Crippen molar-refractivity contribution >= 4 is 0 Å². The molecule has 114 valence electrons. The van der Waals surface area contributed by atoms with Gasteiger partial charge >= 0.3 is 0 Å². The van der Waals surface area contributed by atoms with E-state index in [4.69, 9.17) is 0 Å². The Morgan fingerprint density at radius 3 is 2.11 bits per heavy atom. The van der Waals surface area contributed by atoms with Gasteiger partial charge in [-0.25, -0.2) is 0 Å². The van der Waals surface area contributed by atoms with Crippen molar-refractivity contribution in [2.75, 3.05) is 32.7 Å². The second-order valence-electron chi connectivity index (χ2n) is 7.21. The molecular weight excluding hydrogens is 232 g/mol. The Balaban J connectivity index is 2.17. The van der Waals surface area contributed by atoms with Gasteiger partial charge in [-0.2, -0.15) is 0 Å². The van der Waals surface area contributed by atoms with E-state index in [1.165, 1.54) is 64.8 Å². The molecule has 0 aliphatic carbocycles. The average Bonchev–Trinajstić information content (AvgIpc) is 2.84. The third-order valence-electron chi connectivity index (χ3n) is 4.29. The lowest BCUT2D eigenvalue weighted by atomic mass is 10.0. The van der Waals surface area contributed by atoms with Gasteiger partial charge in [-0.3, -0.25) is 0 Å². The van der Waals surface area contributed by atoms with Crippen LogP contribution in [0.25, 0.3) is 0 Å². The first-order valence-electron chi connectivity index (χ1n) is 8.51. The summed E-state index contributed by atoms with van der Waals surface area (Å²) < 4.78 is 0. The molecule has 1 heterocycles. The van der Waals surface area contributed by atoms with Crippen LogP contribution in [-0.2, 0) is 0 Å². The number of nitrogens with zero attached hydrogens (tertiary/aromatic N) is 1. The summed E-state index contributed by atoms with van der Waals surface area (Å²) in [6.07, 6.45) is 6.92. The lowest BCUT2D eigenvalue weighted by Crippen LogP contribution is -2.29. The zero-order valence-corrected chi connectivity index (χ0v) is 13.8. The fraction of sp³-hybridized carbons (Fsp3) is 1.00. The first-order valence-corrected chi connectivity index (χ1v) is 8.51. The minimum Gasteiger partial charge on any atom is -0.316 e. The van der Waals surface area contributed by atoms with Gasteiger partial charge < -0.3 is 10.2 Å². The van der Waals surface area contributed by atoms with Crippen molar-refractivity contribution in [3.05, 3.63) is 0 Å². The van der Waals surface area contributed by atoms with Crippen molar-refractivity contribution in [1.82, 2.24) is 10.2 Å². The minimum absolute atomic E-state index is 0.834. The predicted octanol–water partition coefficient (Wildman–Crippen LogP) is 3.77. The molecule has 0 spiro atoms. The quantitative estimate of drug-likeness (QED) is 0.649. The maximum Gasteiger partial charge on any atom is -0.00163 e. The van der Waals surface area contributed by atoms with Crippen LogP contribution in [0.1, 0.15) is 59.8 Å². The molecule has 1 aliphatic rings. The molecular formula is C17H36N2. The predicted molar refractivity (Wildman–Crippen MR) is 85.6 cm³/mol. The Labute approximate surface area is 121 Å². The molecule has 0 amide bonds. The second kappa shape index (κ2) is 9.77. The Morgan fingerprint density at radius 1 is 1.00 bits per heavy atom. The molecule has 0 aromatic heterocycles. The van der Waals surface area contributed by atoms with Gasteiger partial charge in [0.05, 0.1) is 0 Å². The number of rotatable bonds is 10. The molecule has 19 heavy (non-hydrogen) atoms. The van der Waals surface area contributed by atoms with Gasteiger partial charge in [0.2, 0.25) is 0 Å². The van der Waals surface area contributed by atoms with Crippen molar-refractivity contribution in [1.29, 1.82) is 0 Å². The molecule has 1 N–H and O–H groups in total. The maximum absolute atomic E-state index is 3.48. The summed E-state index contributed by atoms with van der Waals surface area (Å²) in [7, 11) is 0. The maximum atomic E-state index is 3.48. The topological polar surface area (TPSA) is 15.3 Å². The van der Waals surface area contributed by atoms with Crippen molar-refractivity contribution in [3.63, 3.8) is 0 Å². The molecule has 2 heteroatoms. The molecule has 0 radical (unpaired) electrons. The van der Waals surface area contributed by atoms with E-state index in [2.05, 4.69) is 37.9 Å². The zero-order chi connectivity index (χ0) is 14.1. The SMILES string of the molecule is CC(C)CCN(CCCC1CCNC1)CCC(C)C. The highest BCUT2D eigenvalue weighted by Crippen LogP contribution is 2.15. The zero-order valence-electron chi connectivity index (χ0n) is 13.8. The number of hydrogen-bond donors (Lipinski definition) is 1. The van der Waals surface area contributed by atoms with Crippen LogP contribution in [0.5, 0.6) is 0 Å². The van der Waals surface area contributed by atoms with Crippen molar-refractivity contribution in [3.8, 4) is 0 Å². The van der Waals surface area contributed by atoms with Crippen LogP contribution in [0, 0.1) is 17.8 Å². The summed E-state index contributed by atoms with van der Waals surface area (Å²) in [5, 5.41) is 3.48. The lowest BCUT2D eigenvalue weighted by molar-refractivity contribution is 0.234. The van der Waals surface area contributed by atoms with Gasteiger partial charge in [-0.15, -0.1) is 0 Å². The highest BCUT2D eigenvalue weighted by atomic mass is 15.1. The van der Waals surface area contributed by atoms with Crippen LogP contribution in [0.3, 0.4) is 0 Å². The van der Waals surface area contributed by atoms with Gasteiger partial charge in [0.15, 0.2) is 0 Å². The van der Waals surface area contributed by atoms with E-state index < -0.39 is 0 Å². The van der Waals surface area contributed by atoms with E-state index in [9.17, 15) is 0 Å². The van der Waals surface area contributed by atoms with E-state index in [0.29, 0.717) is 0 Å². The molecule has 0 saturated carbocycles. The lowest BCUT2D eigenvalue weighted by Gasteiger charge is -2.24. The fourth-order valence-corrected chi connectivity index (χ4v) is 2.78. The Hall–Kier alpha value is -0.0800. The Kier molecular flexibility index (Phi) is 8.72. The van der Waals surface area contributed by atoms with Gasteiger partial charge in [-0.05, 0) is 82.6 Å². The van der Waals surface area contributed by atoms with E-state index in [1.807, 2.05) is 0 Å². The smallest absolute Gasteiger partial charge is 0.00163 e. The van der Waals surface area contributed by atoms with Crippen molar-refractivity contribution < 1.29 is 0 Å². The summed E-state index contributed by atoms with van der Waals surface area (Å²) in [5.41, 5.74) is 0. The van der Waals surface area contributed by atoms with Crippen LogP contribution in [0.15, 0.2) is 0 Å². The molecule has 0 bridgehead atoms. The largest absolute Gasteiger partial charge is 0.316 e. The third-order valence-corrected chi connectivity index (χ3v) is 4.29. The first-order chi connectivity index (χ1) is 9.08. The van der Waals surface area contributed by atoms with Crippen LogP contribution < -0.4 is 5.32 Å². The Morgan fingerprint density at radius 2 is 1.63 bits per heavy atom. The molecule has 1 fully saturated rings. The average molecular weight is 268 g/mol. The summed E-state index contributed by atoms with van der Waals surface area (Å²) in [6.45, 7) is 15.8. The Bertz CT molecular complexity index is 195. The van der Waals surface area contributed by atoms with Gasteiger partial charge in [0, 0.05) is 0 Å². The summed E-state index contributed by atoms with van der Waals surface area (Å²) in [5.74, 6) is 2.62.